The quantitative estimate of drug-likeness (QED) is 0.798. The molecule has 2 saturated heterocycles. The zero-order chi connectivity index (χ0) is 19.5. The molecule has 1 unspecified atom stereocenters. The van der Waals surface area contributed by atoms with E-state index in [1.165, 1.54) is 0 Å². The van der Waals surface area contributed by atoms with Crippen LogP contribution in [0.3, 0.4) is 0 Å². The van der Waals surface area contributed by atoms with E-state index in [0.717, 1.165) is 56.1 Å². The lowest BCUT2D eigenvalue weighted by molar-refractivity contribution is 0.0702. The Hall–Kier alpha value is -2.19. The van der Waals surface area contributed by atoms with E-state index in [9.17, 15) is 4.79 Å². The number of hydrogen-bond acceptors (Lipinski definition) is 5. The number of nitrogens with zero attached hydrogens (tertiary/aromatic N) is 4. The van der Waals surface area contributed by atoms with E-state index in [0.29, 0.717) is 24.5 Å². The second-order valence-electron chi connectivity index (χ2n) is 7.34. The van der Waals surface area contributed by atoms with Gasteiger partial charge in [0.1, 0.15) is 5.82 Å². The van der Waals surface area contributed by atoms with E-state index in [2.05, 4.69) is 22.0 Å². The van der Waals surface area contributed by atoms with Crippen molar-refractivity contribution in [2.24, 2.45) is 0 Å². The number of ether oxygens (including phenoxy) is 1. The summed E-state index contributed by atoms with van der Waals surface area (Å²) < 4.78 is 8.16. The standard InChI is InChI=1S/C20H27N5O2S/c1-2-25-18(21-22-20(25)28)15-6-5-9-24(14-15)19(26)16-7-3-4-8-17(16)23-10-12-27-13-11-23/h3-4,7-8,15H,2,5-6,9-14H2,1H3,(H,22,28). The largest absolute Gasteiger partial charge is 0.378 e. The number of hydrogen-bond donors (Lipinski definition) is 1. The molecule has 150 valence electrons. The maximum atomic E-state index is 13.4. The first kappa shape index (κ1) is 19.1. The van der Waals surface area contributed by atoms with E-state index >= 15 is 0 Å². The fraction of sp³-hybridized carbons (Fsp3) is 0.550. The van der Waals surface area contributed by atoms with Crippen molar-refractivity contribution in [2.75, 3.05) is 44.3 Å². The molecule has 4 rings (SSSR count). The van der Waals surface area contributed by atoms with Gasteiger partial charge in [-0.2, -0.15) is 5.10 Å². The molecule has 0 spiro atoms. The minimum absolute atomic E-state index is 0.101. The van der Waals surface area contributed by atoms with Crippen molar-refractivity contribution in [3.05, 3.63) is 40.4 Å². The Balaban J connectivity index is 1.56. The lowest BCUT2D eigenvalue weighted by Gasteiger charge is -2.35. The van der Waals surface area contributed by atoms with Crippen LogP contribution in [-0.2, 0) is 11.3 Å². The van der Waals surface area contributed by atoms with Crippen LogP contribution in [0.25, 0.3) is 0 Å². The van der Waals surface area contributed by atoms with E-state index in [1.54, 1.807) is 0 Å². The fourth-order valence-corrected chi connectivity index (χ4v) is 4.49. The summed E-state index contributed by atoms with van der Waals surface area (Å²) in [6.45, 7) is 7.35. The van der Waals surface area contributed by atoms with Crippen LogP contribution in [0.15, 0.2) is 24.3 Å². The lowest BCUT2D eigenvalue weighted by atomic mass is 9.96. The number of carbonyl (C=O) groups excluding carboxylic acids is 1. The van der Waals surface area contributed by atoms with Gasteiger partial charge in [-0.15, -0.1) is 0 Å². The molecule has 2 fully saturated rings. The first-order valence-electron chi connectivity index (χ1n) is 10.0. The first-order chi connectivity index (χ1) is 13.7. The minimum Gasteiger partial charge on any atom is -0.378 e. The predicted octanol–water partition coefficient (Wildman–Crippen LogP) is 2.82. The van der Waals surface area contributed by atoms with Gasteiger partial charge in [0, 0.05) is 44.3 Å². The second-order valence-corrected chi connectivity index (χ2v) is 7.72. The number of morpholine rings is 1. The van der Waals surface area contributed by atoms with Gasteiger partial charge in [-0.1, -0.05) is 12.1 Å². The van der Waals surface area contributed by atoms with Crippen molar-refractivity contribution in [3.63, 3.8) is 0 Å². The molecule has 1 amide bonds. The molecule has 0 bridgehead atoms. The number of rotatable bonds is 4. The third kappa shape index (κ3) is 3.71. The summed E-state index contributed by atoms with van der Waals surface area (Å²) in [5.41, 5.74) is 1.79. The van der Waals surface area contributed by atoms with Gasteiger partial charge in [-0.3, -0.25) is 9.89 Å². The van der Waals surface area contributed by atoms with Crippen LogP contribution >= 0.6 is 12.2 Å². The number of H-pyrrole nitrogens is 1. The maximum Gasteiger partial charge on any atom is 0.255 e. The number of carbonyl (C=O) groups is 1. The molecule has 0 saturated carbocycles. The van der Waals surface area contributed by atoms with Crippen LogP contribution in [0.4, 0.5) is 5.69 Å². The molecule has 2 aromatic rings. The average molecular weight is 402 g/mol. The molecule has 2 aliphatic heterocycles. The van der Waals surface area contributed by atoms with Gasteiger partial charge in [-0.25, -0.2) is 0 Å². The number of likely N-dealkylation sites (tertiary alicyclic amines) is 1. The van der Waals surface area contributed by atoms with Crippen LogP contribution in [0.1, 0.15) is 41.9 Å². The molecular formula is C20H27N5O2S. The average Bonchev–Trinajstić information content (AvgIpc) is 3.14. The third-order valence-corrected chi connectivity index (χ3v) is 5.98. The van der Waals surface area contributed by atoms with Gasteiger partial charge in [0.25, 0.3) is 5.91 Å². The molecule has 0 radical (unpaired) electrons. The van der Waals surface area contributed by atoms with Gasteiger partial charge < -0.3 is 19.1 Å². The van der Waals surface area contributed by atoms with Crippen LogP contribution in [0, 0.1) is 4.77 Å². The Morgan fingerprint density at radius 2 is 2.07 bits per heavy atom. The van der Waals surface area contributed by atoms with Crippen molar-refractivity contribution >= 4 is 23.8 Å². The highest BCUT2D eigenvalue weighted by atomic mass is 32.1. The number of aromatic amines is 1. The summed E-state index contributed by atoms with van der Waals surface area (Å²) in [4.78, 5) is 17.6. The Labute approximate surface area is 170 Å². The number of benzene rings is 1. The molecule has 7 nitrogen and oxygen atoms in total. The smallest absolute Gasteiger partial charge is 0.255 e. The highest BCUT2D eigenvalue weighted by molar-refractivity contribution is 7.71. The molecule has 8 heteroatoms. The molecule has 1 N–H and O–H groups in total. The Morgan fingerprint density at radius 3 is 2.86 bits per heavy atom. The van der Waals surface area contributed by atoms with Gasteiger partial charge in [0.05, 0.1) is 18.8 Å². The van der Waals surface area contributed by atoms with Gasteiger partial charge in [0.15, 0.2) is 4.77 Å². The normalized spacial score (nSPS) is 20.4. The predicted molar refractivity (Wildman–Crippen MR) is 110 cm³/mol. The minimum atomic E-state index is 0.101. The number of amides is 1. The fourth-order valence-electron chi connectivity index (χ4n) is 4.22. The summed E-state index contributed by atoms with van der Waals surface area (Å²) in [6.07, 6.45) is 1.99. The molecule has 3 heterocycles. The molecule has 1 aromatic carbocycles. The van der Waals surface area contributed by atoms with Crippen molar-refractivity contribution in [1.29, 1.82) is 0 Å². The Kier molecular flexibility index (Phi) is 5.77. The second kappa shape index (κ2) is 8.45. The summed E-state index contributed by atoms with van der Waals surface area (Å²) in [5, 5.41) is 7.36. The SMILES string of the molecule is CCn1c(C2CCCN(C(=O)c3ccccc3N3CCOCC3)C2)n[nH]c1=S. The Morgan fingerprint density at radius 1 is 1.29 bits per heavy atom. The summed E-state index contributed by atoms with van der Waals surface area (Å²) in [7, 11) is 0. The van der Waals surface area contributed by atoms with E-state index in [4.69, 9.17) is 17.0 Å². The van der Waals surface area contributed by atoms with E-state index in [-0.39, 0.29) is 11.8 Å². The van der Waals surface area contributed by atoms with E-state index < -0.39 is 0 Å². The third-order valence-electron chi connectivity index (χ3n) is 5.66. The maximum absolute atomic E-state index is 13.4. The molecular weight excluding hydrogens is 374 g/mol. The van der Waals surface area contributed by atoms with Crippen LogP contribution in [0.2, 0.25) is 0 Å². The first-order valence-corrected chi connectivity index (χ1v) is 10.5. The van der Waals surface area contributed by atoms with E-state index in [1.807, 2.05) is 33.7 Å². The van der Waals surface area contributed by atoms with Crippen molar-refractivity contribution in [1.82, 2.24) is 19.7 Å². The van der Waals surface area contributed by atoms with Gasteiger partial charge in [-0.05, 0) is 44.1 Å². The number of para-hydroxylation sites is 1. The molecule has 0 aliphatic carbocycles. The van der Waals surface area contributed by atoms with Crippen LogP contribution in [0.5, 0.6) is 0 Å². The Bertz CT molecular complexity index is 887. The highest BCUT2D eigenvalue weighted by Crippen LogP contribution is 2.29. The molecule has 1 aromatic heterocycles. The topological polar surface area (TPSA) is 66.4 Å². The van der Waals surface area contributed by atoms with Crippen molar-refractivity contribution < 1.29 is 9.53 Å². The zero-order valence-electron chi connectivity index (χ0n) is 16.3. The van der Waals surface area contributed by atoms with Crippen molar-refractivity contribution in [3.8, 4) is 0 Å². The zero-order valence-corrected chi connectivity index (χ0v) is 17.1. The molecule has 2 aliphatic rings. The summed E-state index contributed by atoms with van der Waals surface area (Å²) in [5.74, 6) is 1.27. The van der Waals surface area contributed by atoms with Crippen molar-refractivity contribution in [2.45, 2.75) is 32.2 Å². The number of aromatic nitrogens is 3. The number of piperidine rings is 1. The van der Waals surface area contributed by atoms with Crippen LogP contribution < -0.4 is 4.90 Å². The van der Waals surface area contributed by atoms with Gasteiger partial charge >= 0.3 is 0 Å². The lowest BCUT2D eigenvalue weighted by Crippen LogP contribution is -2.41. The molecule has 1 atom stereocenters. The van der Waals surface area contributed by atoms with Gasteiger partial charge in [0.2, 0.25) is 0 Å². The summed E-state index contributed by atoms with van der Waals surface area (Å²) >= 11 is 5.34. The van der Waals surface area contributed by atoms with Crippen LogP contribution in [-0.4, -0.2) is 65.0 Å². The number of anilines is 1. The molecule has 28 heavy (non-hydrogen) atoms. The summed E-state index contributed by atoms with van der Waals surface area (Å²) in [6, 6.07) is 7.93. The highest BCUT2D eigenvalue weighted by Gasteiger charge is 2.30. The monoisotopic (exact) mass is 401 g/mol. The number of nitrogens with one attached hydrogen (secondary N) is 1.